The molecule has 10 heteroatoms. The van der Waals surface area contributed by atoms with Gasteiger partial charge in [-0.3, -0.25) is 10.1 Å². The molecule has 1 saturated carbocycles. The lowest BCUT2D eigenvalue weighted by Gasteiger charge is -2.09. The third kappa shape index (κ3) is 3.45. The summed E-state index contributed by atoms with van der Waals surface area (Å²) >= 11 is 5.49. The Morgan fingerprint density at radius 1 is 1.33 bits per heavy atom. The molecule has 1 amide bonds. The maximum Gasteiger partial charge on any atom is 0.420 e. The van der Waals surface area contributed by atoms with Crippen molar-refractivity contribution in [2.45, 2.75) is 25.4 Å². The van der Waals surface area contributed by atoms with Gasteiger partial charge in [0.2, 0.25) is 11.9 Å². The Kier molecular flexibility index (Phi) is 4.12. The zero-order valence-electron chi connectivity index (χ0n) is 12.3. The van der Waals surface area contributed by atoms with Gasteiger partial charge in [-0.1, -0.05) is 11.6 Å². The monoisotopic (exact) mass is 357 g/mol. The van der Waals surface area contributed by atoms with Crippen molar-refractivity contribution in [3.05, 3.63) is 40.7 Å². The van der Waals surface area contributed by atoms with E-state index < -0.39 is 22.8 Å². The molecule has 1 aliphatic rings. The van der Waals surface area contributed by atoms with Crippen LogP contribution in [0, 0.1) is 12.8 Å². The number of aryl methyl sites for hydroxylation is 1. The van der Waals surface area contributed by atoms with Gasteiger partial charge in [-0.25, -0.2) is 19.9 Å². The van der Waals surface area contributed by atoms with Gasteiger partial charge in [0.15, 0.2) is 0 Å². The zero-order valence-corrected chi connectivity index (χ0v) is 13.1. The molecule has 126 valence electrons. The Morgan fingerprint density at radius 3 is 2.71 bits per heavy atom. The summed E-state index contributed by atoms with van der Waals surface area (Å²) in [5, 5.41) is 1.61. The van der Waals surface area contributed by atoms with Gasteiger partial charge in [-0.2, -0.15) is 13.2 Å². The van der Waals surface area contributed by atoms with Crippen LogP contribution < -0.4 is 5.32 Å². The largest absolute Gasteiger partial charge is 0.420 e. The van der Waals surface area contributed by atoms with Crippen LogP contribution in [-0.4, -0.2) is 25.8 Å². The summed E-state index contributed by atoms with van der Waals surface area (Å²) in [6, 6.07) is 1.75. The predicted octanol–water partition coefficient (Wildman–Crippen LogP) is 2.99. The van der Waals surface area contributed by atoms with Crippen LogP contribution in [0.2, 0.25) is 5.15 Å². The third-order valence-electron chi connectivity index (χ3n) is 3.55. The van der Waals surface area contributed by atoms with E-state index in [0.29, 0.717) is 18.4 Å². The van der Waals surface area contributed by atoms with E-state index in [1.54, 1.807) is 12.3 Å². The zero-order chi connectivity index (χ0) is 17.5. The summed E-state index contributed by atoms with van der Waals surface area (Å²) in [5.41, 5.74) is -0.358. The summed E-state index contributed by atoms with van der Waals surface area (Å²) in [6.45, 7) is 1.82. The summed E-state index contributed by atoms with van der Waals surface area (Å²) in [4.78, 5) is 27.5. The van der Waals surface area contributed by atoms with E-state index in [1.807, 2.05) is 6.92 Å². The fourth-order valence-electron chi connectivity index (χ4n) is 2.23. The van der Waals surface area contributed by atoms with Gasteiger partial charge in [0.05, 0.1) is 0 Å². The highest BCUT2D eigenvalue weighted by Crippen LogP contribution is 2.46. The molecule has 0 saturated heterocycles. The SMILES string of the molecule is Cc1ccnc([C@H]2C[C@@H]2C(=O)Nc2ncc(C(F)(F)F)c(Cl)n2)n1. The highest BCUT2D eigenvalue weighted by atomic mass is 35.5. The fourth-order valence-corrected chi connectivity index (χ4v) is 2.47. The van der Waals surface area contributed by atoms with Crippen molar-refractivity contribution in [2.24, 2.45) is 5.92 Å². The van der Waals surface area contributed by atoms with Crippen molar-refractivity contribution in [2.75, 3.05) is 5.32 Å². The quantitative estimate of drug-likeness (QED) is 0.854. The molecular formula is C14H11ClF3N5O. The van der Waals surface area contributed by atoms with Gasteiger partial charge < -0.3 is 0 Å². The van der Waals surface area contributed by atoms with Crippen molar-refractivity contribution in [3.8, 4) is 0 Å². The molecule has 0 unspecified atom stereocenters. The Bertz CT molecular complexity index is 798. The summed E-state index contributed by atoms with van der Waals surface area (Å²) < 4.78 is 37.8. The average molecular weight is 358 g/mol. The highest BCUT2D eigenvalue weighted by molar-refractivity contribution is 6.30. The molecule has 3 rings (SSSR count). The lowest BCUT2D eigenvalue weighted by Crippen LogP contribution is -2.18. The van der Waals surface area contributed by atoms with E-state index in [4.69, 9.17) is 11.6 Å². The molecule has 2 aromatic heterocycles. The maximum absolute atomic E-state index is 12.6. The maximum atomic E-state index is 12.6. The van der Waals surface area contributed by atoms with E-state index in [1.165, 1.54) is 0 Å². The van der Waals surface area contributed by atoms with Gasteiger partial charge in [0.1, 0.15) is 16.5 Å². The number of amides is 1. The van der Waals surface area contributed by atoms with Crippen LogP contribution in [0.1, 0.15) is 29.4 Å². The number of alkyl halides is 3. The second-order valence-corrected chi connectivity index (χ2v) is 5.75. The minimum atomic E-state index is -4.65. The predicted molar refractivity (Wildman–Crippen MR) is 78.3 cm³/mol. The molecule has 0 aromatic carbocycles. The molecule has 0 radical (unpaired) electrons. The number of carbonyl (C=O) groups is 1. The van der Waals surface area contributed by atoms with Crippen LogP contribution in [0.3, 0.4) is 0 Å². The molecule has 0 bridgehead atoms. The molecule has 0 aliphatic heterocycles. The second kappa shape index (κ2) is 5.97. The molecule has 2 aromatic rings. The number of halogens is 4. The Balaban J connectivity index is 1.67. The van der Waals surface area contributed by atoms with Crippen molar-refractivity contribution in [3.63, 3.8) is 0 Å². The van der Waals surface area contributed by atoms with Crippen LogP contribution in [0.15, 0.2) is 18.5 Å². The number of hydrogen-bond acceptors (Lipinski definition) is 5. The lowest BCUT2D eigenvalue weighted by atomic mass is 10.2. The van der Waals surface area contributed by atoms with Crippen LogP contribution in [-0.2, 0) is 11.0 Å². The first kappa shape index (κ1) is 16.6. The van der Waals surface area contributed by atoms with E-state index in [-0.39, 0.29) is 17.8 Å². The lowest BCUT2D eigenvalue weighted by molar-refractivity contribution is -0.137. The van der Waals surface area contributed by atoms with Gasteiger partial charge in [-0.15, -0.1) is 0 Å². The average Bonchev–Trinajstić information content (AvgIpc) is 3.26. The normalized spacial score (nSPS) is 19.9. The Hall–Kier alpha value is -2.29. The number of carbonyl (C=O) groups excluding carboxylic acids is 1. The van der Waals surface area contributed by atoms with Crippen molar-refractivity contribution < 1.29 is 18.0 Å². The molecule has 2 heterocycles. The van der Waals surface area contributed by atoms with Gasteiger partial charge in [0.25, 0.3) is 0 Å². The van der Waals surface area contributed by atoms with Crippen LogP contribution >= 0.6 is 11.6 Å². The Morgan fingerprint density at radius 2 is 2.08 bits per heavy atom. The summed E-state index contributed by atoms with van der Waals surface area (Å²) in [6.07, 6.45) is -1.93. The molecular weight excluding hydrogens is 347 g/mol. The van der Waals surface area contributed by atoms with Crippen molar-refractivity contribution >= 4 is 23.5 Å². The van der Waals surface area contributed by atoms with E-state index in [0.717, 1.165) is 5.69 Å². The summed E-state index contributed by atoms with van der Waals surface area (Å²) in [5.74, 6) is -0.581. The van der Waals surface area contributed by atoms with Crippen LogP contribution in [0.25, 0.3) is 0 Å². The number of rotatable bonds is 3. The minimum absolute atomic E-state index is 0.116. The molecule has 1 aliphatic carbocycles. The van der Waals surface area contributed by atoms with E-state index in [9.17, 15) is 18.0 Å². The third-order valence-corrected chi connectivity index (χ3v) is 3.84. The number of hydrogen-bond donors (Lipinski definition) is 1. The fraction of sp³-hybridized carbons (Fsp3) is 0.357. The van der Waals surface area contributed by atoms with Crippen molar-refractivity contribution in [1.29, 1.82) is 0 Å². The first-order valence-corrected chi connectivity index (χ1v) is 7.33. The first-order valence-electron chi connectivity index (χ1n) is 6.96. The van der Waals surface area contributed by atoms with Gasteiger partial charge >= 0.3 is 6.18 Å². The molecule has 2 atom stereocenters. The van der Waals surface area contributed by atoms with Gasteiger partial charge in [0, 0.05) is 29.9 Å². The molecule has 6 nitrogen and oxygen atoms in total. The van der Waals surface area contributed by atoms with E-state index in [2.05, 4.69) is 25.3 Å². The highest BCUT2D eigenvalue weighted by Gasteiger charge is 2.46. The van der Waals surface area contributed by atoms with Crippen molar-refractivity contribution in [1.82, 2.24) is 19.9 Å². The van der Waals surface area contributed by atoms with Crippen LogP contribution in [0.4, 0.5) is 19.1 Å². The number of nitrogens with zero attached hydrogens (tertiary/aromatic N) is 4. The molecule has 24 heavy (non-hydrogen) atoms. The number of aromatic nitrogens is 4. The second-order valence-electron chi connectivity index (χ2n) is 5.39. The smallest absolute Gasteiger partial charge is 0.294 e. The Labute approximate surface area is 139 Å². The summed E-state index contributed by atoms with van der Waals surface area (Å²) in [7, 11) is 0. The van der Waals surface area contributed by atoms with Crippen LogP contribution in [0.5, 0.6) is 0 Å². The minimum Gasteiger partial charge on any atom is -0.294 e. The number of anilines is 1. The number of nitrogens with one attached hydrogen (secondary N) is 1. The van der Waals surface area contributed by atoms with Gasteiger partial charge in [-0.05, 0) is 19.4 Å². The topological polar surface area (TPSA) is 80.7 Å². The molecule has 1 fully saturated rings. The van der Waals surface area contributed by atoms with E-state index >= 15 is 0 Å². The molecule has 0 spiro atoms. The first-order chi connectivity index (χ1) is 11.3. The standard InChI is InChI=1S/C14H11ClF3N5O/c1-6-2-3-19-11(21-6)7-4-8(7)12(24)23-13-20-5-9(10(15)22-13)14(16,17)18/h2-3,5,7-8H,4H2,1H3,(H,20,22,23,24)/t7-,8-/m0/s1. The molecule has 1 N–H and O–H groups in total.